The van der Waals surface area contributed by atoms with Crippen molar-refractivity contribution in [1.29, 1.82) is 0 Å². The third-order valence-corrected chi connectivity index (χ3v) is 11.9. The largest absolute Gasteiger partial charge is 0.247 e. The van der Waals surface area contributed by atoms with Crippen LogP contribution in [0.15, 0.2) is 188 Å². The molecule has 0 aliphatic carbocycles. The van der Waals surface area contributed by atoms with Crippen LogP contribution in [-0.2, 0) is 0 Å². The van der Waals surface area contributed by atoms with Gasteiger partial charge in [0.1, 0.15) is 0 Å². The van der Waals surface area contributed by atoms with Gasteiger partial charge in [-0.05, 0) is 46.5 Å². The second-order valence-corrected chi connectivity index (χ2v) is 15.0. The highest BCUT2D eigenvalue weighted by Gasteiger charge is 2.17. The normalized spacial score (nSPS) is 11.6. The highest BCUT2D eigenvalue weighted by molar-refractivity contribution is 7.26. The molecule has 256 valence electrons. The molecular formula is C51H31N3S. The number of thiophene rings is 1. The van der Waals surface area contributed by atoms with Gasteiger partial charge in [0, 0.05) is 53.0 Å². The molecule has 0 amide bonds. The van der Waals surface area contributed by atoms with E-state index in [1.165, 1.54) is 36.7 Å². The molecule has 0 N–H and O–H groups in total. The van der Waals surface area contributed by atoms with Crippen molar-refractivity contribution in [3.05, 3.63) is 188 Å². The van der Waals surface area contributed by atoms with Crippen LogP contribution in [0, 0.1) is 0 Å². The summed E-state index contributed by atoms with van der Waals surface area (Å²) in [4.78, 5) is 15.7. The molecule has 55 heavy (non-hydrogen) atoms. The van der Waals surface area contributed by atoms with Gasteiger partial charge < -0.3 is 0 Å². The van der Waals surface area contributed by atoms with Crippen molar-refractivity contribution in [3.8, 4) is 56.0 Å². The first-order valence-electron chi connectivity index (χ1n) is 18.5. The van der Waals surface area contributed by atoms with E-state index in [0.29, 0.717) is 0 Å². The van der Waals surface area contributed by atoms with Gasteiger partial charge in [-0.25, -0.2) is 15.0 Å². The van der Waals surface area contributed by atoms with E-state index in [1.807, 2.05) is 29.5 Å². The number of pyridine rings is 3. The Bertz CT molecular complexity index is 3220. The van der Waals surface area contributed by atoms with Crippen LogP contribution < -0.4 is 0 Å². The average Bonchev–Trinajstić information content (AvgIpc) is 3.66. The molecule has 11 aromatic rings. The molecule has 0 atom stereocenters. The number of nitrogens with zero attached hydrogens (tertiary/aromatic N) is 3. The number of rotatable bonds is 5. The summed E-state index contributed by atoms with van der Waals surface area (Å²) in [6.07, 6.45) is 0. The van der Waals surface area contributed by atoms with Crippen molar-refractivity contribution < 1.29 is 0 Å². The summed E-state index contributed by atoms with van der Waals surface area (Å²) in [6, 6.07) is 66.6. The second kappa shape index (κ2) is 12.8. The van der Waals surface area contributed by atoms with Gasteiger partial charge in [-0.15, -0.1) is 11.3 Å². The maximum atomic E-state index is 5.42. The predicted octanol–water partition coefficient (Wildman–Crippen LogP) is 14.0. The molecule has 0 spiro atoms. The molecule has 7 aromatic carbocycles. The van der Waals surface area contributed by atoms with Crippen LogP contribution >= 0.6 is 11.3 Å². The van der Waals surface area contributed by atoms with E-state index in [9.17, 15) is 0 Å². The van der Waals surface area contributed by atoms with Crippen LogP contribution in [0.1, 0.15) is 0 Å². The second-order valence-electron chi connectivity index (χ2n) is 14.0. The van der Waals surface area contributed by atoms with E-state index in [1.54, 1.807) is 0 Å². The van der Waals surface area contributed by atoms with E-state index < -0.39 is 0 Å². The molecule has 0 bridgehead atoms. The molecule has 0 unspecified atom stereocenters. The van der Waals surface area contributed by atoms with Crippen LogP contribution in [0.5, 0.6) is 0 Å². The lowest BCUT2D eigenvalue weighted by Gasteiger charge is -2.11. The Morgan fingerprint density at radius 3 is 1.51 bits per heavy atom. The maximum Gasteiger partial charge on any atom is 0.0972 e. The van der Waals surface area contributed by atoms with Crippen LogP contribution in [0.2, 0.25) is 0 Å². The number of fused-ring (bicyclic) bond motifs is 8. The molecule has 0 radical (unpaired) electrons. The van der Waals surface area contributed by atoms with Gasteiger partial charge >= 0.3 is 0 Å². The van der Waals surface area contributed by atoms with Gasteiger partial charge in [-0.3, -0.25) is 0 Å². The molecule has 4 heteroatoms. The fraction of sp³-hybridized carbons (Fsp3) is 0. The Kier molecular flexibility index (Phi) is 7.35. The van der Waals surface area contributed by atoms with Gasteiger partial charge in [0.2, 0.25) is 0 Å². The van der Waals surface area contributed by atoms with Crippen molar-refractivity contribution >= 4 is 64.2 Å². The van der Waals surface area contributed by atoms with E-state index in [2.05, 4.69) is 170 Å². The zero-order valence-corrected chi connectivity index (χ0v) is 30.5. The molecule has 0 saturated carbocycles. The van der Waals surface area contributed by atoms with Gasteiger partial charge in [0.25, 0.3) is 0 Å². The minimum Gasteiger partial charge on any atom is -0.247 e. The summed E-state index contributed by atoms with van der Waals surface area (Å²) < 4.78 is 2.55. The molecule has 4 aromatic heterocycles. The zero-order chi connectivity index (χ0) is 36.3. The van der Waals surface area contributed by atoms with Crippen molar-refractivity contribution in [2.75, 3.05) is 0 Å². The van der Waals surface area contributed by atoms with Crippen molar-refractivity contribution in [1.82, 2.24) is 15.0 Å². The molecule has 3 nitrogen and oxygen atoms in total. The first-order chi connectivity index (χ1) is 27.2. The first kappa shape index (κ1) is 31.5. The molecule has 0 fully saturated rings. The zero-order valence-electron chi connectivity index (χ0n) is 29.6. The predicted molar refractivity (Wildman–Crippen MR) is 232 cm³/mol. The molecule has 0 aliphatic rings. The molecule has 0 saturated heterocycles. The van der Waals surface area contributed by atoms with Crippen LogP contribution in [0.25, 0.3) is 109 Å². The molecule has 11 rings (SSSR count). The Morgan fingerprint density at radius 1 is 0.345 bits per heavy atom. The lowest BCUT2D eigenvalue weighted by Crippen LogP contribution is -1.91. The summed E-state index contributed by atoms with van der Waals surface area (Å²) in [5.41, 5.74) is 13.7. The van der Waals surface area contributed by atoms with Crippen molar-refractivity contribution in [2.45, 2.75) is 0 Å². The van der Waals surface area contributed by atoms with Crippen LogP contribution in [0.4, 0.5) is 0 Å². The van der Waals surface area contributed by atoms with E-state index >= 15 is 0 Å². The third kappa shape index (κ3) is 5.46. The quantitative estimate of drug-likeness (QED) is 0.166. The van der Waals surface area contributed by atoms with Gasteiger partial charge in [-0.2, -0.15) is 0 Å². The third-order valence-electron chi connectivity index (χ3n) is 10.7. The topological polar surface area (TPSA) is 38.7 Å². The Morgan fingerprint density at radius 2 is 0.836 bits per heavy atom. The number of benzene rings is 7. The SMILES string of the molecule is c1ccc(-c2ccc(-c3nc4cc(-c5ccc(-c6ccc7ccc8ccc(-c9ccccc9)nc8c7n6)cc5)ccc4c4sc5ccccc5c34)cc2)cc1. The summed E-state index contributed by atoms with van der Waals surface area (Å²) >= 11 is 1.85. The number of aromatic nitrogens is 3. The standard InChI is InChI=1S/C51H31N3S/c1-3-9-32(10-4-1)33-17-21-37(22-18-33)48-47-42-13-7-8-14-46(42)55-51(47)41-28-25-40(31-45(41)54-48)34-15-19-36(20-16-34)44-30-27-39-24-23-38-26-29-43(35-11-5-2-6-12-35)52-49(38)50(39)53-44/h1-31H. The van der Waals surface area contributed by atoms with E-state index in [-0.39, 0.29) is 0 Å². The van der Waals surface area contributed by atoms with Crippen LogP contribution in [0.3, 0.4) is 0 Å². The monoisotopic (exact) mass is 717 g/mol. The van der Waals surface area contributed by atoms with Gasteiger partial charge in [0.05, 0.1) is 33.6 Å². The first-order valence-corrected chi connectivity index (χ1v) is 19.3. The van der Waals surface area contributed by atoms with E-state index in [4.69, 9.17) is 15.0 Å². The molecule has 0 aliphatic heterocycles. The lowest BCUT2D eigenvalue weighted by atomic mass is 9.98. The minimum absolute atomic E-state index is 0.913. The fourth-order valence-corrected chi connectivity index (χ4v) is 9.07. The van der Waals surface area contributed by atoms with Gasteiger partial charge in [0.15, 0.2) is 0 Å². The van der Waals surface area contributed by atoms with Crippen LogP contribution in [-0.4, -0.2) is 15.0 Å². The number of hydrogen-bond acceptors (Lipinski definition) is 4. The van der Waals surface area contributed by atoms with Crippen molar-refractivity contribution in [2.24, 2.45) is 0 Å². The Labute approximate surface area is 321 Å². The summed E-state index contributed by atoms with van der Waals surface area (Å²) in [6.45, 7) is 0. The molecular weight excluding hydrogens is 687 g/mol. The minimum atomic E-state index is 0.913. The lowest BCUT2D eigenvalue weighted by molar-refractivity contribution is 1.36. The summed E-state index contributed by atoms with van der Waals surface area (Å²) in [5.74, 6) is 0. The number of hydrogen-bond donors (Lipinski definition) is 0. The average molecular weight is 718 g/mol. The maximum absolute atomic E-state index is 5.42. The Balaban J connectivity index is 0.983. The van der Waals surface area contributed by atoms with Crippen molar-refractivity contribution in [3.63, 3.8) is 0 Å². The summed E-state index contributed by atoms with van der Waals surface area (Å²) in [7, 11) is 0. The Hall–Kier alpha value is -7.01. The van der Waals surface area contributed by atoms with Gasteiger partial charge in [-0.1, -0.05) is 164 Å². The highest BCUT2D eigenvalue weighted by Crippen LogP contribution is 2.43. The highest BCUT2D eigenvalue weighted by atomic mass is 32.1. The molecule has 4 heterocycles. The smallest absolute Gasteiger partial charge is 0.0972 e. The van der Waals surface area contributed by atoms with E-state index in [0.717, 1.165) is 72.2 Å². The summed E-state index contributed by atoms with van der Waals surface area (Å²) in [5, 5.41) is 5.81. The fourth-order valence-electron chi connectivity index (χ4n) is 7.83.